The third kappa shape index (κ3) is 6.21. The summed E-state index contributed by atoms with van der Waals surface area (Å²) in [5.41, 5.74) is 3.19. The number of benzene rings is 3. The van der Waals surface area contributed by atoms with Gasteiger partial charge in [0.15, 0.2) is 5.78 Å². The van der Waals surface area contributed by atoms with E-state index in [0.717, 1.165) is 28.2 Å². The Kier molecular flexibility index (Phi) is 7.57. The number of nitro groups is 1. The summed E-state index contributed by atoms with van der Waals surface area (Å²) < 4.78 is 7.73. The Labute approximate surface area is 211 Å². The van der Waals surface area contributed by atoms with Gasteiger partial charge >= 0.3 is 0 Å². The van der Waals surface area contributed by atoms with Crippen LogP contribution in [0.1, 0.15) is 27.2 Å². The minimum atomic E-state index is -1.23. The number of hydrogen-bond acceptors (Lipinski definition) is 5. The van der Waals surface area contributed by atoms with E-state index in [1.807, 2.05) is 48.6 Å². The van der Waals surface area contributed by atoms with E-state index in [2.05, 4.69) is 19.6 Å². The molecule has 184 valence electrons. The maximum absolute atomic E-state index is 13.2. The van der Waals surface area contributed by atoms with Gasteiger partial charge in [0.1, 0.15) is 6.73 Å². The fourth-order valence-electron chi connectivity index (χ4n) is 3.76. The first-order valence-corrected chi connectivity index (χ1v) is 15.5. The van der Waals surface area contributed by atoms with Crippen LogP contribution in [-0.4, -0.2) is 35.2 Å². The summed E-state index contributed by atoms with van der Waals surface area (Å²) >= 11 is 0. The minimum Gasteiger partial charge on any atom is -0.360 e. The molecular formula is C28H29N3O4Si. The maximum Gasteiger partial charge on any atom is 0.270 e. The van der Waals surface area contributed by atoms with Crippen molar-refractivity contribution in [1.82, 2.24) is 9.78 Å². The molecule has 0 saturated carbocycles. The van der Waals surface area contributed by atoms with E-state index in [4.69, 9.17) is 9.84 Å². The SMILES string of the molecule is C[Si](C)(C)CCOCn1nc(/C=C/c2ccccc2)c2ccc(C(=O)c3cccc([N+](=O)[O-])c3)cc21. The van der Waals surface area contributed by atoms with Gasteiger partial charge < -0.3 is 4.74 Å². The molecule has 8 heteroatoms. The molecule has 0 saturated heterocycles. The highest BCUT2D eigenvalue weighted by molar-refractivity contribution is 6.76. The van der Waals surface area contributed by atoms with E-state index in [1.165, 1.54) is 18.2 Å². The zero-order valence-electron chi connectivity index (χ0n) is 20.7. The van der Waals surface area contributed by atoms with E-state index in [9.17, 15) is 14.9 Å². The van der Waals surface area contributed by atoms with Gasteiger partial charge in [0, 0.05) is 43.3 Å². The molecule has 0 fully saturated rings. The van der Waals surface area contributed by atoms with Crippen LogP contribution in [0.2, 0.25) is 25.7 Å². The number of carbonyl (C=O) groups excluding carboxylic acids is 1. The molecule has 0 unspecified atom stereocenters. The van der Waals surface area contributed by atoms with E-state index in [0.29, 0.717) is 12.2 Å². The zero-order chi connectivity index (χ0) is 25.7. The number of non-ortho nitro benzene ring substituents is 1. The molecule has 3 aromatic carbocycles. The van der Waals surface area contributed by atoms with Gasteiger partial charge in [-0.15, -0.1) is 0 Å². The normalized spacial score (nSPS) is 11.9. The van der Waals surface area contributed by atoms with Crippen molar-refractivity contribution in [3.8, 4) is 0 Å². The van der Waals surface area contributed by atoms with E-state index in [-0.39, 0.29) is 23.8 Å². The smallest absolute Gasteiger partial charge is 0.270 e. The second-order valence-corrected chi connectivity index (χ2v) is 15.5. The fraction of sp³-hybridized carbons (Fsp3) is 0.214. The summed E-state index contributed by atoms with van der Waals surface area (Å²) in [6, 6.07) is 22.2. The molecule has 1 aromatic heterocycles. The molecule has 0 spiro atoms. The van der Waals surface area contributed by atoms with Gasteiger partial charge in [0.05, 0.1) is 16.1 Å². The van der Waals surface area contributed by atoms with Gasteiger partial charge in [-0.25, -0.2) is 4.68 Å². The Morgan fingerprint density at radius 1 is 1.00 bits per heavy atom. The minimum absolute atomic E-state index is 0.115. The molecule has 0 radical (unpaired) electrons. The second-order valence-electron chi connectivity index (χ2n) is 9.85. The average molecular weight is 500 g/mol. The predicted molar refractivity (Wildman–Crippen MR) is 146 cm³/mol. The maximum atomic E-state index is 13.2. The average Bonchev–Trinajstić information content (AvgIpc) is 3.22. The summed E-state index contributed by atoms with van der Waals surface area (Å²) in [5.74, 6) is -0.283. The van der Waals surface area contributed by atoms with Crippen LogP contribution in [0, 0.1) is 10.1 Å². The zero-order valence-corrected chi connectivity index (χ0v) is 21.7. The van der Waals surface area contributed by atoms with Crippen molar-refractivity contribution < 1.29 is 14.5 Å². The van der Waals surface area contributed by atoms with Crippen LogP contribution in [-0.2, 0) is 11.5 Å². The molecule has 1 heterocycles. The molecule has 4 aromatic rings. The van der Waals surface area contributed by atoms with E-state index < -0.39 is 13.0 Å². The van der Waals surface area contributed by atoms with Crippen LogP contribution in [0.15, 0.2) is 72.8 Å². The number of hydrogen-bond donors (Lipinski definition) is 0. The number of rotatable bonds is 10. The van der Waals surface area contributed by atoms with Gasteiger partial charge in [-0.05, 0) is 29.8 Å². The van der Waals surface area contributed by atoms with Crippen LogP contribution < -0.4 is 0 Å². The van der Waals surface area contributed by atoms with Crippen molar-refractivity contribution in [3.05, 3.63) is 105 Å². The number of ether oxygens (including phenoxy) is 1. The molecular weight excluding hydrogens is 470 g/mol. The van der Waals surface area contributed by atoms with Crippen molar-refractivity contribution in [2.45, 2.75) is 32.4 Å². The predicted octanol–water partition coefficient (Wildman–Crippen LogP) is 6.66. The lowest BCUT2D eigenvalue weighted by Gasteiger charge is -2.15. The van der Waals surface area contributed by atoms with Crippen molar-refractivity contribution in [2.75, 3.05) is 6.61 Å². The van der Waals surface area contributed by atoms with Crippen molar-refractivity contribution >= 4 is 42.6 Å². The molecule has 4 rings (SSSR count). The van der Waals surface area contributed by atoms with Gasteiger partial charge in [0.25, 0.3) is 5.69 Å². The van der Waals surface area contributed by atoms with Crippen LogP contribution in [0.5, 0.6) is 0 Å². The number of nitro benzene ring substituents is 1. The summed E-state index contributed by atoms with van der Waals surface area (Å²) in [4.78, 5) is 23.8. The summed E-state index contributed by atoms with van der Waals surface area (Å²) in [6.07, 6.45) is 3.96. The lowest BCUT2D eigenvalue weighted by molar-refractivity contribution is -0.384. The van der Waals surface area contributed by atoms with E-state index in [1.54, 1.807) is 22.9 Å². The van der Waals surface area contributed by atoms with E-state index >= 15 is 0 Å². The molecule has 0 aliphatic heterocycles. The van der Waals surface area contributed by atoms with Crippen molar-refractivity contribution in [1.29, 1.82) is 0 Å². The lowest BCUT2D eigenvalue weighted by atomic mass is 10.0. The molecule has 0 aliphatic rings. The Morgan fingerprint density at radius 3 is 2.47 bits per heavy atom. The topological polar surface area (TPSA) is 87.3 Å². The van der Waals surface area contributed by atoms with Crippen LogP contribution in [0.4, 0.5) is 5.69 Å². The number of ketones is 1. The highest BCUT2D eigenvalue weighted by atomic mass is 28.3. The first-order chi connectivity index (χ1) is 17.2. The monoisotopic (exact) mass is 499 g/mol. The number of carbonyl (C=O) groups is 1. The van der Waals surface area contributed by atoms with Crippen LogP contribution in [0.25, 0.3) is 23.1 Å². The molecule has 0 aliphatic carbocycles. The van der Waals surface area contributed by atoms with Crippen molar-refractivity contribution in [3.63, 3.8) is 0 Å². The highest BCUT2D eigenvalue weighted by Gasteiger charge is 2.17. The summed E-state index contributed by atoms with van der Waals surface area (Å²) in [7, 11) is -1.23. The van der Waals surface area contributed by atoms with Gasteiger partial charge in [-0.2, -0.15) is 5.10 Å². The molecule has 0 atom stereocenters. The van der Waals surface area contributed by atoms with Crippen molar-refractivity contribution in [2.24, 2.45) is 0 Å². The fourth-order valence-corrected chi connectivity index (χ4v) is 4.52. The number of nitrogens with zero attached hydrogens (tertiary/aromatic N) is 3. The second kappa shape index (κ2) is 10.8. The molecule has 0 amide bonds. The first-order valence-electron chi connectivity index (χ1n) is 11.8. The van der Waals surface area contributed by atoms with Crippen LogP contribution in [0.3, 0.4) is 0 Å². The third-order valence-electron chi connectivity index (χ3n) is 5.80. The number of fused-ring (bicyclic) bond motifs is 1. The third-order valence-corrected chi connectivity index (χ3v) is 7.51. The Bertz CT molecular complexity index is 1420. The van der Waals surface area contributed by atoms with Crippen LogP contribution >= 0.6 is 0 Å². The molecule has 0 N–H and O–H groups in total. The Hall–Kier alpha value is -3.88. The molecule has 36 heavy (non-hydrogen) atoms. The first kappa shape index (κ1) is 25.2. The molecule has 7 nitrogen and oxygen atoms in total. The summed E-state index contributed by atoms with van der Waals surface area (Å²) in [6.45, 7) is 7.83. The van der Waals surface area contributed by atoms with Gasteiger partial charge in [0.2, 0.25) is 0 Å². The highest BCUT2D eigenvalue weighted by Crippen LogP contribution is 2.25. The quantitative estimate of drug-likeness (QED) is 0.0800. The summed E-state index contributed by atoms with van der Waals surface area (Å²) in [5, 5.41) is 16.8. The van der Waals surface area contributed by atoms with Gasteiger partial charge in [-0.1, -0.05) is 74.2 Å². The lowest BCUT2D eigenvalue weighted by Crippen LogP contribution is -2.22. The number of aromatic nitrogens is 2. The van der Waals surface area contributed by atoms with Gasteiger partial charge in [-0.3, -0.25) is 14.9 Å². The molecule has 0 bridgehead atoms. The standard InChI is InChI=1S/C28H29N3O4Si/c1-36(2,3)17-16-35-20-30-27-19-23(28(32)22-10-7-11-24(18-22)31(33)34)13-14-25(27)26(29-30)15-12-21-8-5-4-6-9-21/h4-15,18-19H,16-17,20H2,1-3H3/b15-12+. The Morgan fingerprint density at radius 2 is 1.75 bits per heavy atom. The Balaban J connectivity index is 1.68. The largest absolute Gasteiger partial charge is 0.360 e.